The highest BCUT2D eigenvalue weighted by molar-refractivity contribution is 5.52. The van der Waals surface area contributed by atoms with E-state index in [9.17, 15) is 0 Å². The minimum atomic E-state index is 0.604. The van der Waals surface area contributed by atoms with Crippen molar-refractivity contribution in [2.45, 2.75) is 51.6 Å². The maximum Gasteiger partial charge on any atom is 0.0349 e. The molecule has 3 N–H and O–H groups in total. The molecule has 1 aromatic rings. The Balaban J connectivity index is 2.08. The normalized spacial score (nSPS) is 21.5. The quantitative estimate of drug-likeness (QED) is 0.765. The van der Waals surface area contributed by atoms with E-state index in [4.69, 9.17) is 5.73 Å². The first-order chi connectivity index (χ1) is 7.70. The van der Waals surface area contributed by atoms with Gasteiger partial charge in [-0.05, 0) is 49.8 Å². The van der Waals surface area contributed by atoms with E-state index in [1.165, 1.54) is 24.0 Å². The maximum absolute atomic E-state index is 6.04. The molecule has 1 aromatic carbocycles. The molecule has 0 radical (unpaired) electrons. The van der Waals surface area contributed by atoms with Crippen LogP contribution in [0.3, 0.4) is 0 Å². The van der Waals surface area contributed by atoms with Crippen LogP contribution < -0.4 is 11.1 Å². The fourth-order valence-corrected chi connectivity index (χ4v) is 2.48. The number of rotatable bonds is 3. The van der Waals surface area contributed by atoms with E-state index in [1.807, 2.05) is 6.07 Å². The van der Waals surface area contributed by atoms with Crippen LogP contribution in [0.2, 0.25) is 0 Å². The van der Waals surface area contributed by atoms with Gasteiger partial charge in [-0.3, -0.25) is 0 Å². The van der Waals surface area contributed by atoms with Gasteiger partial charge in [-0.2, -0.15) is 0 Å². The summed E-state index contributed by atoms with van der Waals surface area (Å²) < 4.78 is 0. The number of hydrogen-bond donors (Lipinski definition) is 2. The van der Waals surface area contributed by atoms with Crippen LogP contribution in [0.4, 0.5) is 5.69 Å². The van der Waals surface area contributed by atoms with Gasteiger partial charge in [0, 0.05) is 17.8 Å². The van der Waals surface area contributed by atoms with Crippen molar-refractivity contribution in [2.24, 2.45) is 0 Å². The Bertz CT molecular complexity index is 360. The predicted molar refractivity (Wildman–Crippen MR) is 69.6 cm³/mol. The first-order valence-corrected chi connectivity index (χ1v) is 6.33. The zero-order valence-corrected chi connectivity index (χ0v) is 10.3. The fourth-order valence-electron chi connectivity index (χ4n) is 2.48. The van der Waals surface area contributed by atoms with Crippen molar-refractivity contribution in [2.75, 3.05) is 5.73 Å². The Kier molecular flexibility index (Phi) is 3.49. The molecule has 2 unspecified atom stereocenters. The van der Waals surface area contributed by atoms with Gasteiger partial charge in [0.1, 0.15) is 0 Å². The average Bonchev–Trinajstić information content (AvgIpc) is 2.30. The summed E-state index contributed by atoms with van der Waals surface area (Å²) in [7, 11) is 0. The van der Waals surface area contributed by atoms with E-state index in [0.717, 1.165) is 18.5 Å². The monoisotopic (exact) mass is 218 g/mol. The van der Waals surface area contributed by atoms with Crippen molar-refractivity contribution in [3.8, 4) is 0 Å². The number of nitrogen functional groups attached to an aromatic ring is 1. The van der Waals surface area contributed by atoms with Crippen LogP contribution in [0.15, 0.2) is 18.2 Å². The van der Waals surface area contributed by atoms with E-state index < -0.39 is 0 Å². The van der Waals surface area contributed by atoms with Crippen LogP contribution in [-0.2, 0) is 12.8 Å². The second-order valence-corrected chi connectivity index (χ2v) is 4.90. The topological polar surface area (TPSA) is 38.0 Å². The summed E-state index contributed by atoms with van der Waals surface area (Å²) in [6.07, 6.45) is 4.68. The van der Waals surface area contributed by atoms with Crippen LogP contribution in [0.5, 0.6) is 0 Å². The summed E-state index contributed by atoms with van der Waals surface area (Å²) >= 11 is 0. The van der Waals surface area contributed by atoms with Crippen molar-refractivity contribution < 1.29 is 0 Å². The molecule has 16 heavy (non-hydrogen) atoms. The van der Waals surface area contributed by atoms with Crippen molar-refractivity contribution in [1.82, 2.24) is 5.32 Å². The molecule has 0 heterocycles. The van der Waals surface area contributed by atoms with Gasteiger partial charge in [0.25, 0.3) is 0 Å². The zero-order chi connectivity index (χ0) is 11.5. The van der Waals surface area contributed by atoms with Crippen LogP contribution in [0.1, 0.15) is 37.8 Å². The fraction of sp³-hybridized carbons (Fsp3) is 0.571. The van der Waals surface area contributed by atoms with Gasteiger partial charge >= 0.3 is 0 Å². The second-order valence-electron chi connectivity index (χ2n) is 4.90. The Morgan fingerprint density at radius 1 is 1.50 bits per heavy atom. The van der Waals surface area contributed by atoms with Crippen LogP contribution in [0.25, 0.3) is 0 Å². The molecule has 1 aliphatic carbocycles. The third-order valence-corrected chi connectivity index (χ3v) is 3.65. The lowest BCUT2D eigenvalue weighted by Gasteiger charge is -2.29. The molecule has 0 saturated carbocycles. The molecule has 0 aliphatic heterocycles. The van der Waals surface area contributed by atoms with E-state index in [1.54, 1.807) is 0 Å². The molecule has 2 nitrogen and oxygen atoms in total. The summed E-state index contributed by atoms with van der Waals surface area (Å²) in [4.78, 5) is 0. The van der Waals surface area contributed by atoms with Gasteiger partial charge in [0.05, 0.1) is 0 Å². The molecule has 0 spiro atoms. The summed E-state index contributed by atoms with van der Waals surface area (Å²) in [5, 5.41) is 3.68. The summed E-state index contributed by atoms with van der Waals surface area (Å²) in [6, 6.07) is 7.51. The van der Waals surface area contributed by atoms with Gasteiger partial charge in [0.2, 0.25) is 0 Å². The molecule has 0 amide bonds. The van der Waals surface area contributed by atoms with E-state index in [-0.39, 0.29) is 0 Å². The van der Waals surface area contributed by atoms with Gasteiger partial charge in [0.15, 0.2) is 0 Å². The number of benzene rings is 1. The molecule has 0 fully saturated rings. The third kappa shape index (κ3) is 2.38. The Labute approximate surface area is 98.2 Å². The number of aryl methyl sites for hydroxylation is 1. The van der Waals surface area contributed by atoms with Crippen molar-refractivity contribution in [3.63, 3.8) is 0 Å². The van der Waals surface area contributed by atoms with E-state index >= 15 is 0 Å². The lowest BCUT2D eigenvalue weighted by Crippen LogP contribution is -2.40. The summed E-state index contributed by atoms with van der Waals surface area (Å²) in [6.45, 7) is 4.48. The van der Waals surface area contributed by atoms with Crippen LogP contribution >= 0.6 is 0 Å². The molecule has 88 valence electrons. The maximum atomic E-state index is 6.04. The molecule has 2 rings (SSSR count). The zero-order valence-electron chi connectivity index (χ0n) is 10.3. The summed E-state index contributed by atoms with van der Waals surface area (Å²) in [5.74, 6) is 0. The highest BCUT2D eigenvalue weighted by Gasteiger charge is 2.20. The molecule has 2 heteroatoms. The highest BCUT2D eigenvalue weighted by Crippen LogP contribution is 2.26. The van der Waals surface area contributed by atoms with Gasteiger partial charge in [-0.15, -0.1) is 0 Å². The highest BCUT2D eigenvalue weighted by atomic mass is 14.9. The Hall–Kier alpha value is -1.02. The average molecular weight is 218 g/mol. The third-order valence-electron chi connectivity index (χ3n) is 3.65. The molecule has 0 bridgehead atoms. The molecule has 0 saturated heterocycles. The molecule has 2 atom stereocenters. The molecular weight excluding hydrogens is 196 g/mol. The Morgan fingerprint density at radius 2 is 2.31 bits per heavy atom. The van der Waals surface area contributed by atoms with Crippen molar-refractivity contribution >= 4 is 5.69 Å². The SMILES string of the molecule is CCC(C)NC1CCc2cccc(N)c2C1. The number of hydrogen-bond acceptors (Lipinski definition) is 2. The first-order valence-electron chi connectivity index (χ1n) is 6.33. The van der Waals surface area contributed by atoms with Crippen LogP contribution in [-0.4, -0.2) is 12.1 Å². The van der Waals surface area contributed by atoms with E-state index in [2.05, 4.69) is 31.3 Å². The molecule has 1 aliphatic rings. The predicted octanol–water partition coefficient (Wildman–Crippen LogP) is 2.51. The van der Waals surface area contributed by atoms with Gasteiger partial charge in [-0.25, -0.2) is 0 Å². The molecular formula is C14H22N2. The largest absolute Gasteiger partial charge is 0.398 e. The minimum Gasteiger partial charge on any atom is -0.398 e. The van der Waals surface area contributed by atoms with Crippen molar-refractivity contribution in [3.05, 3.63) is 29.3 Å². The van der Waals surface area contributed by atoms with E-state index in [0.29, 0.717) is 12.1 Å². The number of nitrogens with two attached hydrogens (primary N) is 1. The van der Waals surface area contributed by atoms with Gasteiger partial charge in [-0.1, -0.05) is 19.1 Å². The van der Waals surface area contributed by atoms with Crippen molar-refractivity contribution in [1.29, 1.82) is 0 Å². The van der Waals surface area contributed by atoms with Crippen LogP contribution in [0, 0.1) is 0 Å². The minimum absolute atomic E-state index is 0.604. The molecule has 0 aromatic heterocycles. The lowest BCUT2D eigenvalue weighted by atomic mass is 9.87. The number of fused-ring (bicyclic) bond motifs is 1. The Morgan fingerprint density at radius 3 is 3.06 bits per heavy atom. The lowest BCUT2D eigenvalue weighted by molar-refractivity contribution is 0.401. The number of anilines is 1. The number of nitrogens with one attached hydrogen (secondary N) is 1. The summed E-state index contributed by atoms with van der Waals surface area (Å²) in [5.41, 5.74) is 9.82. The van der Waals surface area contributed by atoms with Gasteiger partial charge < -0.3 is 11.1 Å². The standard InChI is InChI=1S/C14H22N2/c1-3-10(2)16-12-8-7-11-5-4-6-14(15)13(11)9-12/h4-6,10,12,16H,3,7-9,15H2,1-2H3. The second kappa shape index (κ2) is 4.88. The first kappa shape index (κ1) is 11.5. The smallest absolute Gasteiger partial charge is 0.0349 e.